The van der Waals surface area contributed by atoms with Crippen LogP contribution >= 0.6 is 0 Å². The molecule has 0 aliphatic rings. The van der Waals surface area contributed by atoms with Crippen LogP contribution in [0.5, 0.6) is 0 Å². The Bertz CT molecular complexity index is 429. The van der Waals surface area contributed by atoms with Gasteiger partial charge in [0, 0.05) is 18.8 Å². The first-order valence-electron chi connectivity index (χ1n) is 4.88. The number of rotatable bonds is 2. The van der Waals surface area contributed by atoms with Gasteiger partial charge in [-0.2, -0.15) is 5.10 Å². The predicted molar refractivity (Wildman–Crippen MR) is 58.0 cm³/mol. The Labute approximate surface area is 84.2 Å². The minimum absolute atomic E-state index is 1.04. The van der Waals surface area contributed by atoms with E-state index in [9.17, 15) is 0 Å². The maximum Gasteiger partial charge on any atom is 0.0923 e. The van der Waals surface area contributed by atoms with E-state index in [2.05, 4.69) is 36.3 Å². The van der Waals surface area contributed by atoms with Crippen molar-refractivity contribution in [1.82, 2.24) is 9.78 Å². The van der Waals surface area contributed by atoms with Crippen LogP contribution in [0.4, 0.5) is 0 Å². The highest BCUT2D eigenvalue weighted by molar-refractivity contribution is 5.59. The lowest BCUT2D eigenvalue weighted by Crippen LogP contribution is -1.88. The number of hydrogen-bond acceptors (Lipinski definition) is 1. The molecule has 0 fully saturated rings. The van der Waals surface area contributed by atoms with Crippen LogP contribution in [0.1, 0.15) is 12.5 Å². The molecule has 0 amide bonds. The molecule has 0 saturated heterocycles. The van der Waals surface area contributed by atoms with Crippen molar-refractivity contribution in [2.24, 2.45) is 7.05 Å². The van der Waals surface area contributed by atoms with Gasteiger partial charge in [-0.05, 0) is 24.1 Å². The molecule has 2 aromatic rings. The van der Waals surface area contributed by atoms with Gasteiger partial charge in [0.1, 0.15) is 0 Å². The summed E-state index contributed by atoms with van der Waals surface area (Å²) in [7, 11) is 1.94. The van der Waals surface area contributed by atoms with Crippen molar-refractivity contribution in [2.45, 2.75) is 13.3 Å². The summed E-state index contributed by atoms with van der Waals surface area (Å²) in [4.78, 5) is 0. The van der Waals surface area contributed by atoms with Crippen molar-refractivity contribution in [3.63, 3.8) is 0 Å². The Morgan fingerprint density at radius 1 is 1.29 bits per heavy atom. The quantitative estimate of drug-likeness (QED) is 0.705. The normalized spacial score (nSPS) is 10.4. The fraction of sp³-hybridized carbons (Fsp3) is 0.250. The number of benzene rings is 1. The highest BCUT2D eigenvalue weighted by Gasteiger charge is 2.00. The van der Waals surface area contributed by atoms with E-state index in [1.54, 1.807) is 0 Å². The Hall–Kier alpha value is -1.57. The zero-order chi connectivity index (χ0) is 9.97. The van der Waals surface area contributed by atoms with Gasteiger partial charge < -0.3 is 0 Å². The highest BCUT2D eigenvalue weighted by Crippen LogP contribution is 2.18. The first kappa shape index (κ1) is 9.00. The first-order valence-corrected chi connectivity index (χ1v) is 4.88. The lowest BCUT2D eigenvalue weighted by atomic mass is 10.1. The fourth-order valence-electron chi connectivity index (χ4n) is 1.52. The molecule has 1 aromatic heterocycles. The fourth-order valence-corrected chi connectivity index (χ4v) is 1.52. The van der Waals surface area contributed by atoms with E-state index in [0.29, 0.717) is 0 Å². The van der Waals surface area contributed by atoms with Crippen LogP contribution in [0.2, 0.25) is 0 Å². The summed E-state index contributed by atoms with van der Waals surface area (Å²) in [5, 5.41) is 4.37. The first-order chi connectivity index (χ1) is 6.79. The van der Waals surface area contributed by atoms with Gasteiger partial charge in [0.15, 0.2) is 0 Å². The molecule has 0 aliphatic carbocycles. The largest absolute Gasteiger partial charge is 0.275 e. The van der Waals surface area contributed by atoms with Crippen LogP contribution < -0.4 is 0 Å². The lowest BCUT2D eigenvalue weighted by Gasteiger charge is -1.99. The molecule has 0 spiro atoms. The molecule has 0 bridgehead atoms. The molecule has 14 heavy (non-hydrogen) atoms. The Morgan fingerprint density at radius 3 is 2.79 bits per heavy atom. The molecule has 2 rings (SSSR count). The van der Waals surface area contributed by atoms with Gasteiger partial charge >= 0.3 is 0 Å². The SMILES string of the molecule is CCc1cccc(-c2ccn(C)n2)c1. The van der Waals surface area contributed by atoms with Gasteiger partial charge in [0.05, 0.1) is 5.69 Å². The molecular weight excluding hydrogens is 172 g/mol. The minimum Gasteiger partial charge on any atom is -0.275 e. The molecule has 72 valence electrons. The van der Waals surface area contributed by atoms with Crippen LogP contribution in [0.25, 0.3) is 11.3 Å². The van der Waals surface area contributed by atoms with Gasteiger partial charge in [-0.15, -0.1) is 0 Å². The van der Waals surface area contributed by atoms with E-state index in [1.165, 1.54) is 11.1 Å². The average molecular weight is 186 g/mol. The van der Waals surface area contributed by atoms with E-state index >= 15 is 0 Å². The smallest absolute Gasteiger partial charge is 0.0923 e. The lowest BCUT2D eigenvalue weighted by molar-refractivity contribution is 0.771. The molecule has 1 aromatic carbocycles. The van der Waals surface area contributed by atoms with Crippen molar-refractivity contribution in [3.8, 4) is 11.3 Å². The zero-order valence-corrected chi connectivity index (χ0v) is 8.57. The maximum atomic E-state index is 4.37. The van der Waals surface area contributed by atoms with Crippen LogP contribution in [0.3, 0.4) is 0 Å². The van der Waals surface area contributed by atoms with E-state index in [0.717, 1.165) is 12.1 Å². The van der Waals surface area contributed by atoms with Gasteiger partial charge in [-0.3, -0.25) is 4.68 Å². The minimum atomic E-state index is 1.04. The second-order valence-corrected chi connectivity index (χ2v) is 3.43. The van der Waals surface area contributed by atoms with Gasteiger partial charge in [-0.25, -0.2) is 0 Å². The number of aromatic nitrogens is 2. The molecule has 2 nitrogen and oxygen atoms in total. The molecule has 0 N–H and O–H groups in total. The molecule has 1 heterocycles. The molecule has 0 radical (unpaired) electrons. The second kappa shape index (κ2) is 3.66. The monoisotopic (exact) mass is 186 g/mol. The predicted octanol–water partition coefficient (Wildman–Crippen LogP) is 2.65. The molecule has 0 atom stereocenters. The van der Waals surface area contributed by atoms with Crippen LogP contribution in [0, 0.1) is 0 Å². The molecular formula is C12H14N2. The number of hydrogen-bond donors (Lipinski definition) is 0. The summed E-state index contributed by atoms with van der Waals surface area (Å²) in [6, 6.07) is 10.6. The summed E-state index contributed by atoms with van der Waals surface area (Å²) in [6.45, 7) is 2.16. The Balaban J connectivity index is 2.41. The van der Waals surface area contributed by atoms with Crippen molar-refractivity contribution >= 4 is 0 Å². The van der Waals surface area contributed by atoms with E-state index in [4.69, 9.17) is 0 Å². The van der Waals surface area contributed by atoms with E-state index in [-0.39, 0.29) is 0 Å². The highest BCUT2D eigenvalue weighted by atomic mass is 15.2. The van der Waals surface area contributed by atoms with Crippen molar-refractivity contribution in [1.29, 1.82) is 0 Å². The van der Waals surface area contributed by atoms with Crippen molar-refractivity contribution in [2.75, 3.05) is 0 Å². The number of nitrogens with zero attached hydrogens (tertiary/aromatic N) is 2. The summed E-state index contributed by atoms with van der Waals surface area (Å²) < 4.78 is 1.83. The van der Waals surface area contributed by atoms with Gasteiger partial charge in [0.25, 0.3) is 0 Å². The molecule has 0 aliphatic heterocycles. The van der Waals surface area contributed by atoms with E-state index in [1.807, 2.05) is 24.0 Å². The summed E-state index contributed by atoms with van der Waals surface area (Å²) in [5.74, 6) is 0. The third-order valence-corrected chi connectivity index (χ3v) is 2.34. The third-order valence-electron chi connectivity index (χ3n) is 2.34. The van der Waals surface area contributed by atoms with Gasteiger partial charge in [-0.1, -0.05) is 25.1 Å². The zero-order valence-electron chi connectivity index (χ0n) is 8.57. The topological polar surface area (TPSA) is 17.8 Å². The summed E-state index contributed by atoms with van der Waals surface area (Å²) in [5.41, 5.74) is 3.60. The van der Waals surface area contributed by atoms with Crippen molar-refractivity contribution in [3.05, 3.63) is 42.1 Å². The van der Waals surface area contributed by atoms with Crippen LogP contribution in [-0.4, -0.2) is 9.78 Å². The summed E-state index contributed by atoms with van der Waals surface area (Å²) >= 11 is 0. The third kappa shape index (κ3) is 1.69. The van der Waals surface area contributed by atoms with Gasteiger partial charge in [0.2, 0.25) is 0 Å². The standard InChI is InChI=1S/C12H14N2/c1-3-10-5-4-6-11(9-10)12-7-8-14(2)13-12/h4-9H,3H2,1-2H3. The second-order valence-electron chi connectivity index (χ2n) is 3.43. The molecule has 0 unspecified atom stereocenters. The summed E-state index contributed by atoms with van der Waals surface area (Å²) in [6.07, 6.45) is 3.04. The Kier molecular flexibility index (Phi) is 2.35. The van der Waals surface area contributed by atoms with Crippen LogP contribution in [-0.2, 0) is 13.5 Å². The van der Waals surface area contributed by atoms with E-state index < -0.39 is 0 Å². The Morgan fingerprint density at radius 2 is 2.14 bits per heavy atom. The average Bonchev–Trinajstić information content (AvgIpc) is 2.65. The molecule has 0 saturated carbocycles. The number of aryl methyl sites for hydroxylation is 2. The van der Waals surface area contributed by atoms with Crippen molar-refractivity contribution < 1.29 is 0 Å². The van der Waals surface area contributed by atoms with Crippen LogP contribution in [0.15, 0.2) is 36.5 Å². The maximum absolute atomic E-state index is 4.37. The molecule has 2 heteroatoms.